The Balaban J connectivity index is 1.92. The Morgan fingerprint density at radius 2 is 2.05 bits per heavy atom. The molecule has 0 spiro atoms. The predicted octanol–water partition coefficient (Wildman–Crippen LogP) is 3.96. The van der Waals surface area contributed by atoms with Gasteiger partial charge < -0.3 is 4.90 Å². The molecule has 0 radical (unpaired) electrons. The van der Waals surface area contributed by atoms with Crippen molar-refractivity contribution in [2.75, 3.05) is 6.54 Å². The maximum Gasteiger partial charge on any atom is 0.257 e. The minimum absolute atomic E-state index is 0.00104. The highest BCUT2D eigenvalue weighted by atomic mass is 79.9. The average Bonchev–Trinajstić information content (AvgIpc) is 2.99. The molecule has 0 unspecified atom stereocenters. The molecule has 3 rings (SSSR count). The van der Waals surface area contributed by atoms with Crippen LogP contribution in [0, 0.1) is 5.82 Å². The summed E-state index contributed by atoms with van der Waals surface area (Å²) in [6, 6.07) is 8.27. The Labute approximate surface area is 130 Å². The smallest absolute Gasteiger partial charge is 0.257 e. The first-order valence-corrected chi connectivity index (χ1v) is 7.62. The van der Waals surface area contributed by atoms with Gasteiger partial charge in [0.2, 0.25) is 0 Å². The van der Waals surface area contributed by atoms with Gasteiger partial charge >= 0.3 is 0 Å². The first kappa shape index (κ1) is 14.2. The van der Waals surface area contributed by atoms with Crippen LogP contribution in [0.25, 0.3) is 0 Å². The lowest BCUT2D eigenvalue weighted by Crippen LogP contribution is -2.31. The van der Waals surface area contributed by atoms with Gasteiger partial charge in [-0.15, -0.1) is 0 Å². The maximum absolute atomic E-state index is 13.9. The lowest BCUT2D eigenvalue weighted by atomic mass is 10.1. The molecule has 1 aliphatic rings. The van der Waals surface area contributed by atoms with Crippen LogP contribution in [0.4, 0.5) is 4.39 Å². The van der Waals surface area contributed by atoms with Gasteiger partial charge in [0.05, 0.1) is 11.6 Å². The second kappa shape index (κ2) is 5.93. The summed E-state index contributed by atoms with van der Waals surface area (Å²) >= 11 is 3.29. The van der Waals surface area contributed by atoms with Crippen LogP contribution in [0.5, 0.6) is 0 Å². The average molecular weight is 349 g/mol. The highest BCUT2D eigenvalue weighted by Gasteiger charge is 2.31. The number of benzene rings is 1. The number of nitrogens with zero attached hydrogens (tertiary/aromatic N) is 2. The Kier molecular flexibility index (Phi) is 4.01. The van der Waals surface area contributed by atoms with E-state index in [4.69, 9.17) is 0 Å². The number of carbonyl (C=O) groups is 1. The zero-order chi connectivity index (χ0) is 14.8. The Morgan fingerprint density at radius 3 is 2.81 bits per heavy atom. The number of hydrogen-bond donors (Lipinski definition) is 0. The first-order valence-electron chi connectivity index (χ1n) is 6.83. The van der Waals surface area contributed by atoms with E-state index in [0.29, 0.717) is 11.0 Å². The second-order valence-corrected chi connectivity index (χ2v) is 5.98. The number of aromatic nitrogens is 1. The highest BCUT2D eigenvalue weighted by molar-refractivity contribution is 9.10. The van der Waals surface area contributed by atoms with Crippen LogP contribution in [0.3, 0.4) is 0 Å². The van der Waals surface area contributed by atoms with E-state index in [2.05, 4.69) is 20.9 Å². The summed E-state index contributed by atoms with van der Waals surface area (Å²) in [5, 5.41) is 0. The molecule has 0 bridgehead atoms. The summed E-state index contributed by atoms with van der Waals surface area (Å²) in [6.45, 7) is 0.651. The van der Waals surface area contributed by atoms with Gasteiger partial charge in [-0.05, 0) is 48.7 Å². The lowest BCUT2D eigenvalue weighted by molar-refractivity contribution is 0.0731. The van der Waals surface area contributed by atoms with Crippen LogP contribution in [-0.4, -0.2) is 22.3 Å². The van der Waals surface area contributed by atoms with Gasteiger partial charge in [-0.25, -0.2) is 4.39 Å². The third-order valence-electron chi connectivity index (χ3n) is 3.76. The number of pyridine rings is 1. The number of rotatable bonds is 2. The molecule has 1 aliphatic heterocycles. The summed E-state index contributed by atoms with van der Waals surface area (Å²) < 4.78 is 14.6. The molecule has 3 nitrogen and oxygen atoms in total. The van der Waals surface area contributed by atoms with Gasteiger partial charge in [0, 0.05) is 23.4 Å². The van der Waals surface area contributed by atoms with Crippen molar-refractivity contribution in [1.29, 1.82) is 0 Å². The molecule has 1 aromatic carbocycles. The summed E-state index contributed by atoms with van der Waals surface area (Å²) in [5.74, 6) is -0.739. The molecule has 21 heavy (non-hydrogen) atoms. The molecule has 0 aliphatic carbocycles. The summed E-state index contributed by atoms with van der Waals surface area (Å²) in [6.07, 6.45) is 5.26. The van der Waals surface area contributed by atoms with Crippen molar-refractivity contribution in [3.63, 3.8) is 0 Å². The number of halogens is 2. The van der Waals surface area contributed by atoms with Crippen LogP contribution in [0.15, 0.2) is 47.2 Å². The van der Waals surface area contributed by atoms with E-state index in [-0.39, 0.29) is 17.5 Å². The molecular formula is C16H14BrFN2O. The maximum atomic E-state index is 13.9. The molecule has 0 N–H and O–H groups in total. The minimum atomic E-state index is -0.483. The fourth-order valence-electron chi connectivity index (χ4n) is 2.76. The monoisotopic (exact) mass is 348 g/mol. The Hall–Kier alpha value is -1.75. The lowest BCUT2D eigenvalue weighted by Gasteiger charge is -2.25. The van der Waals surface area contributed by atoms with Crippen LogP contribution in [-0.2, 0) is 0 Å². The van der Waals surface area contributed by atoms with Crippen LogP contribution >= 0.6 is 15.9 Å². The third kappa shape index (κ3) is 2.83. The molecule has 2 aromatic rings. The van der Waals surface area contributed by atoms with Gasteiger partial charge in [0.15, 0.2) is 0 Å². The van der Waals surface area contributed by atoms with E-state index in [1.54, 1.807) is 29.4 Å². The van der Waals surface area contributed by atoms with Gasteiger partial charge in [0.1, 0.15) is 5.82 Å². The van der Waals surface area contributed by atoms with Crippen molar-refractivity contribution in [1.82, 2.24) is 9.88 Å². The fourth-order valence-corrected chi connectivity index (χ4v) is 3.12. The normalized spacial score (nSPS) is 18.0. The highest BCUT2D eigenvalue weighted by Crippen LogP contribution is 2.33. The zero-order valence-corrected chi connectivity index (χ0v) is 12.9. The summed E-state index contributed by atoms with van der Waals surface area (Å²) in [7, 11) is 0. The Morgan fingerprint density at radius 1 is 1.29 bits per heavy atom. The molecule has 1 atom stereocenters. The standard InChI is InChI=1S/C16H14BrFN2O/c17-12-3-4-14(18)13(10-12)16(21)20-9-1-2-15(20)11-5-7-19-8-6-11/h3-8,10,15H,1-2,9H2/t15-/m0/s1. The van der Waals surface area contributed by atoms with Crippen molar-refractivity contribution in [3.05, 3.63) is 64.1 Å². The number of hydrogen-bond acceptors (Lipinski definition) is 2. The van der Waals surface area contributed by atoms with Crippen LogP contribution in [0.2, 0.25) is 0 Å². The van der Waals surface area contributed by atoms with E-state index in [1.165, 1.54) is 6.07 Å². The molecule has 108 valence electrons. The molecule has 1 aromatic heterocycles. The van der Waals surface area contributed by atoms with Crippen LogP contribution in [0.1, 0.15) is 34.8 Å². The molecule has 1 saturated heterocycles. The fraction of sp³-hybridized carbons (Fsp3) is 0.250. The molecular weight excluding hydrogens is 335 g/mol. The number of likely N-dealkylation sites (tertiary alicyclic amines) is 1. The van der Waals surface area contributed by atoms with E-state index < -0.39 is 5.82 Å². The number of carbonyl (C=O) groups excluding carboxylic acids is 1. The van der Waals surface area contributed by atoms with E-state index in [9.17, 15) is 9.18 Å². The summed E-state index contributed by atoms with van der Waals surface area (Å²) in [5.41, 5.74) is 1.16. The molecule has 1 amide bonds. The van der Waals surface area contributed by atoms with Gasteiger partial charge in [-0.3, -0.25) is 9.78 Å². The summed E-state index contributed by atoms with van der Waals surface area (Å²) in [4.78, 5) is 18.4. The van der Waals surface area contributed by atoms with Crippen molar-refractivity contribution in [2.24, 2.45) is 0 Å². The largest absolute Gasteiger partial charge is 0.332 e. The quantitative estimate of drug-likeness (QED) is 0.822. The molecule has 1 fully saturated rings. The topological polar surface area (TPSA) is 33.2 Å². The van der Waals surface area contributed by atoms with E-state index in [0.717, 1.165) is 18.4 Å². The van der Waals surface area contributed by atoms with Crippen molar-refractivity contribution in [2.45, 2.75) is 18.9 Å². The first-order chi connectivity index (χ1) is 10.2. The SMILES string of the molecule is O=C(c1cc(Br)ccc1F)N1CCC[C@H]1c1ccncc1. The van der Waals surface area contributed by atoms with Crippen molar-refractivity contribution in [3.8, 4) is 0 Å². The van der Waals surface area contributed by atoms with Crippen molar-refractivity contribution < 1.29 is 9.18 Å². The van der Waals surface area contributed by atoms with E-state index in [1.807, 2.05) is 12.1 Å². The van der Waals surface area contributed by atoms with Gasteiger partial charge in [-0.2, -0.15) is 0 Å². The number of amides is 1. The zero-order valence-electron chi connectivity index (χ0n) is 11.3. The molecule has 2 heterocycles. The molecule has 0 saturated carbocycles. The van der Waals surface area contributed by atoms with Gasteiger partial charge in [0.25, 0.3) is 5.91 Å². The van der Waals surface area contributed by atoms with Gasteiger partial charge in [-0.1, -0.05) is 15.9 Å². The molecule has 5 heteroatoms. The Bertz CT molecular complexity index is 663. The third-order valence-corrected chi connectivity index (χ3v) is 4.26. The van der Waals surface area contributed by atoms with E-state index >= 15 is 0 Å². The van der Waals surface area contributed by atoms with Crippen molar-refractivity contribution >= 4 is 21.8 Å². The van der Waals surface area contributed by atoms with Crippen LogP contribution < -0.4 is 0 Å². The minimum Gasteiger partial charge on any atom is -0.332 e. The second-order valence-electron chi connectivity index (χ2n) is 5.06. The predicted molar refractivity (Wildman–Crippen MR) is 81.3 cm³/mol.